The maximum Gasteiger partial charge on any atom is 0.143 e. The van der Waals surface area contributed by atoms with Crippen molar-refractivity contribution < 1.29 is 4.74 Å². The van der Waals surface area contributed by atoms with E-state index in [0.717, 1.165) is 11.3 Å². The zero-order valence-electron chi connectivity index (χ0n) is 9.40. The summed E-state index contributed by atoms with van der Waals surface area (Å²) in [4.78, 5) is 0. The molecule has 80 valence electrons. The SMILES string of the molecule is COc1cccc2c3ccccc3n(C)c12. The lowest BCUT2D eigenvalue weighted by Crippen LogP contribution is -1.90. The molecule has 0 amide bonds. The van der Waals surface area contributed by atoms with Crippen LogP contribution in [0.2, 0.25) is 0 Å². The first-order valence-electron chi connectivity index (χ1n) is 5.33. The molecule has 3 rings (SSSR count). The van der Waals surface area contributed by atoms with Gasteiger partial charge in [-0.25, -0.2) is 0 Å². The summed E-state index contributed by atoms with van der Waals surface area (Å²) in [7, 11) is 3.79. The molecule has 0 aliphatic rings. The van der Waals surface area contributed by atoms with E-state index in [2.05, 4.69) is 41.9 Å². The van der Waals surface area contributed by atoms with Crippen LogP contribution in [0.3, 0.4) is 0 Å². The number of methoxy groups -OCH3 is 1. The molecule has 2 heteroatoms. The molecule has 0 spiro atoms. The van der Waals surface area contributed by atoms with E-state index in [1.165, 1.54) is 16.3 Å². The minimum atomic E-state index is 0.927. The number of ether oxygens (including phenoxy) is 1. The van der Waals surface area contributed by atoms with E-state index in [1.807, 2.05) is 12.1 Å². The molecule has 1 heterocycles. The van der Waals surface area contributed by atoms with Crippen LogP contribution in [-0.4, -0.2) is 11.7 Å². The first-order chi connectivity index (χ1) is 7.83. The van der Waals surface area contributed by atoms with Gasteiger partial charge in [0.05, 0.1) is 12.6 Å². The smallest absolute Gasteiger partial charge is 0.143 e. The lowest BCUT2D eigenvalue weighted by atomic mass is 10.1. The fraction of sp³-hybridized carbons (Fsp3) is 0.143. The molecule has 1 aromatic heterocycles. The zero-order valence-corrected chi connectivity index (χ0v) is 9.40. The normalized spacial score (nSPS) is 11.1. The second-order valence-electron chi connectivity index (χ2n) is 3.93. The molecule has 0 unspecified atom stereocenters. The quantitative estimate of drug-likeness (QED) is 0.602. The fourth-order valence-corrected chi connectivity index (χ4v) is 2.36. The highest BCUT2D eigenvalue weighted by Crippen LogP contribution is 2.33. The van der Waals surface area contributed by atoms with E-state index in [-0.39, 0.29) is 0 Å². The number of rotatable bonds is 1. The monoisotopic (exact) mass is 211 g/mol. The first-order valence-corrected chi connectivity index (χ1v) is 5.33. The lowest BCUT2D eigenvalue weighted by molar-refractivity contribution is 0.418. The van der Waals surface area contributed by atoms with Crippen molar-refractivity contribution in [2.75, 3.05) is 7.11 Å². The van der Waals surface area contributed by atoms with Gasteiger partial charge in [0.1, 0.15) is 5.75 Å². The van der Waals surface area contributed by atoms with Crippen molar-refractivity contribution in [3.05, 3.63) is 42.5 Å². The average molecular weight is 211 g/mol. The molecule has 0 bridgehead atoms. The molecule has 0 atom stereocenters. The number of benzene rings is 2. The van der Waals surface area contributed by atoms with Gasteiger partial charge in [0.15, 0.2) is 0 Å². The molecule has 0 aliphatic carbocycles. The summed E-state index contributed by atoms with van der Waals surface area (Å²) in [5, 5.41) is 2.52. The molecule has 2 nitrogen and oxygen atoms in total. The Morgan fingerprint density at radius 2 is 1.69 bits per heavy atom. The Bertz CT molecular complexity index is 667. The number of aryl methyl sites for hydroxylation is 1. The van der Waals surface area contributed by atoms with Gasteiger partial charge in [-0.05, 0) is 12.1 Å². The highest BCUT2D eigenvalue weighted by Gasteiger charge is 2.10. The summed E-state index contributed by atoms with van der Waals surface area (Å²) in [6.45, 7) is 0. The summed E-state index contributed by atoms with van der Waals surface area (Å²) in [6, 6.07) is 14.6. The number of fused-ring (bicyclic) bond motifs is 3. The third-order valence-electron chi connectivity index (χ3n) is 3.11. The van der Waals surface area contributed by atoms with Crippen LogP contribution >= 0.6 is 0 Å². The maximum absolute atomic E-state index is 5.42. The predicted molar refractivity (Wildman–Crippen MR) is 67.0 cm³/mol. The number of hydrogen-bond acceptors (Lipinski definition) is 1. The van der Waals surface area contributed by atoms with E-state index in [0.29, 0.717) is 0 Å². The van der Waals surface area contributed by atoms with Gasteiger partial charge in [0.25, 0.3) is 0 Å². The molecular weight excluding hydrogens is 198 g/mol. The lowest BCUT2D eigenvalue weighted by Gasteiger charge is -2.04. The van der Waals surface area contributed by atoms with Crippen molar-refractivity contribution >= 4 is 21.8 Å². The summed E-state index contributed by atoms with van der Waals surface area (Å²) in [5.41, 5.74) is 2.40. The largest absolute Gasteiger partial charge is 0.495 e. The van der Waals surface area contributed by atoms with Gasteiger partial charge in [0, 0.05) is 23.3 Å². The van der Waals surface area contributed by atoms with Crippen LogP contribution in [0.1, 0.15) is 0 Å². The van der Waals surface area contributed by atoms with Gasteiger partial charge in [-0.15, -0.1) is 0 Å². The van der Waals surface area contributed by atoms with Gasteiger partial charge in [-0.3, -0.25) is 0 Å². The van der Waals surface area contributed by atoms with E-state index < -0.39 is 0 Å². The minimum absolute atomic E-state index is 0.927. The first kappa shape index (κ1) is 9.28. The number of aromatic nitrogens is 1. The molecule has 0 N–H and O–H groups in total. The second-order valence-corrected chi connectivity index (χ2v) is 3.93. The van der Waals surface area contributed by atoms with Crippen LogP contribution in [-0.2, 0) is 7.05 Å². The summed E-state index contributed by atoms with van der Waals surface area (Å²) in [5.74, 6) is 0.927. The van der Waals surface area contributed by atoms with E-state index in [1.54, 1.807) is 7.11 Å². The van der Waals surface area contributed by atoms with Crippen molar-refractivity contribution in [3.8, 4) is 5.75 Å². The van der Waals surface area contributed by atoms with Crippen LogP contribution in [0.5, 0.6) is 5.75 Å². The summed E-state index contributed by atoms with van der Waals surface area (Å²) in [6.07, 6.45) is 0. The highest BCUT2D eigenvalue weighted by molar-refractivity contribution is 6.09. The standard InChI is InChI=1S/C14H13NO/c1-15-12-8-4-3-6-10(12)11-7-5-9-13(16-2)14(11)15/h3-9H,1-2H3. The Kier molecular flexibility index (Phi) is 1.90. The molecule has 2 aromatic carbocycles. The van der Waals surface area contributed by atoms with E-state index >= 15 is 0 Å². The van der Waals surface area contributed by atoms with Gasteiger partial charge >= 0.3 is 0 Å². The van der Waals surface area contributed by atoms with Crippen LogP contribution in [0.25, 0.3) is 21.8 Å². The van der Waals surface area contributed by atoms with Crippen molar-refractivity contribution in [2.24, 2.45) is 7.05 Å². The molecule has 3 aromatic rings. The van der Waals surface area contributed by atoms with Gasteiger partial charge in [-0.1, -0.05) is 30.3 Å². The van der Waals surface area contributed by atoms with Crippen LogP contribution in [0, 0.1) is 0 Å². The van der Waals surface area contributed by atoms with Gasteiger partial charge in [0.2, 0.25) is 0 Å². The molecule has 0 radical (unpaired) electrons. The number of nitrogens with zero attached hydrogens (tertiary/aromatic N) is 1. The van der Waals surface area contributed by atoms with Crippen molar-refractivity contribution in [2.45, 2.75) is 0 Å². The molecule has 0 saturated heterocycles. The van der Waals surface area contributed by atoms with Crippen molar-refractivity contribution in [3.63, 3.8) is 0 Å². The molecular formula is C14H13NO. The van der Waals surface area contributed by atoms with Crippen LogP contribution < -0.4 is 4.74 Å². The molecule has 16 heavy (non-hydrogen) atoms. The maximum atomic E-state index is 5.42. The van der Waals surface area contributed by atoms with Crippen LogP contribution in [0.4, 0.5) is 0 Å². The average Bonchev–Trinajstić information content (AvgIpc) is 2.64. The Hall–Kier alpha value is -1.96. The summed E-state index contributed by atoms with van der Waals surface area (Å²) < 4.78 is 7.60. The Morgan fingerprint density at radius 1 is 0.938 bits per heavy atom. The molecule has 0 aliphatic heterocycles. The molecule has 0 saturated carbocycles. The summed E-state index contributed by atoms with van der Waals surface area (Å²) >= 11 is 0. The van der Waals surface area contributed by atoms with Gasteiger partial charge < -0.3 is 9.30 Å². The third kappa shape index (κ3) is 1.07. The predicted octanol–water partition coefficient (Wildman–Crippen LogP) is 3.34. The number of para-hydroxylation sites is 2. The van der Waals surface area contributed by atoms with Crippen molar-refractivity contribution in [1.82, 2.24) is 4.57 Å². The highest BCUT2D eigenvalue weighted by atomic mass is 16.5. The van der Waals surface area contributed by atoms with E-state index in [9.17, 15) is 0 Å². The topological polar surface area (TPSA) is 14.2 Å². The Balaban J connectivity index is 2.61. The minimum Gasteiger partial charge on any atom is -0.495 e. The Labute approximate surface area is 94.1 Å². The second kappa shape index (κ2) is 3.27. The number of hydrogen-bond donors (Lipinski definition) is 0. The van der Waals surface area contributed by atoms with Crippen LogP contribution in [0.15, 0.2) is 42.5 Å². The van der Waals surface area contributed by atoms with Crippen molar-refractivity contribution in [1.29, 1.82) is 0 Å². The van der Waals surface area contributed by atoms with Gasteiger partial charge in [-0.2, -0.15) is 0 Å². The van der Waals surface area contributed by atoms with E-state index in [4.69, 9.17) is 4.74 Å². The fourth-order valence-electron chi connectivity index (χ4n) is 2.36. The Morgan fingerprint density at radius 3 is 2.50 bits per heavy atom. The molecule has 0 fully saturated rings. The third-order valence-corrected chi connectivity index (χ3v) is 3.11. The zero-order chi connectivity index (χ0) is 11.1.